The predicted octanol–water partition coefficient (Wildman–Crippen LogP) is 1.14. The van der Waals surface area contributed by atoms with E-state index in [1.54, 1.807) is 0 Å². The third kappa shape index (κ3) is 3.44. The summed E-state index contributed by atoms with van der Waals surface area (Å²) in [6, 6.07) is 0. The molecule has 0 bridgehead atoms. The molecule has 0 spiro atoms. The van der Waals surface area contributed by atoms with Gasteiger partial charge in [0.15, 0.2) is 0 Å². The molecule has 0 aliphatic rings. The van der Waals surface area contributed by atoms with Crippen molar-refractivity contribution in [2.24, 2.45) is 0 Å². The highest BCUT2D eigenvalue weighted by atomic mass is 16.6. The van der Waals surface area contributed by atoms with Crippen LogP contribution in [0, 0.1) is 0 Å². The van der Waals surface area contributed by atoms with Crippen LogP contribution in [0.5, 0.6) is 23.4 Å². The molecule has 4 N–H and O–H groups in total. The van der Waals surface area contributed by atoms with Gasteiger partial charge < -0.3 is 29.6 Å². The van der Waals surface area contributed by atoms with E-state index in [1.165, 1.54) is 0 Å². The summed E-state index contributed by atoms with van der Waals surface area (Å²) in [5, 5.41) is 33.7. The van der Waals surface area contributed by atoms with Gasteiger partial charge in [0.2, 0.25) is 11.5 Å². The fourth-order valence-electron chi connectivity index (χ4n) is 0.595. The molecule has 0 aliphatic carbocycles. The van der Waals surface area contributed by atoms with Crippen LogP contribution >= 0.6 is 0 Å². The van der Waals surface area contributed by atoms with E-state index in [1.807, 2.05) is 13.8 Å². The molecular weight excluding hydrogens is 192 g/mol. The molecule has 0 fully saturated rings. The highest BCUT2D eigenvalue weighted by molar-refractivity contribution is 5.49. The van der Waals surface area contributed by atoms with Crippen LogP contribution in [-0.2, 0) is 4.74 Å². The molecule has 0 atom stereocenters. The third-order valence-electron chi connectivity index (χ3n) is 1.23. The quantitative estimate of drug-likeness (QED) is 0.578. The molecule has 0 radical (unpaired) electrons. The van der Waals surface area contributed by atoms with E-state index >= 15 is 0 Å². The maximum absolute atomic E-state index is 8.47. The van der Waals surface area contributed by atoms with Crippen LogP contribution in [0.3, 0.4) is 0 Å². The highest BCUT2D eigenvalue weighted by Gasteiger charge is 2.16. The number of hydrogen-bond donors (Lipinski definition) is 4. The van der Waals surface area contributed by atoms with Crippen LogP contribution in [-0.4, -0.2) is 33.6 Å². The fraction of sp³-hybridized carbons (Fsp3) is 0.500. The largest absolute Gasteiger partial charge is 0.499 e. The lowest BCUT2D eigenvalue weighted by atomic mass is 10.5. The molecule has 0 saturated carbocycles. The Hall–Kier alpha value is -1.56. The minimum absolute atomic E-state index is 0.844. The van der Waals surface area contributed by atoms with Gasteiger partial charge in [0, 0.05) is 13.2 Å². The van der Waals surface area contributed by atoms with Crippen LogP contribution in [0.25, 0.3) is 0 Å². The highest BCUT2D eigenvalue weighted by Crippen LogP contribution is 2.44. The summed E-state index contributed by atoms with van der Waals surface area (Å²) < 4.78 is 8.79. The molecule has 1 aromatic heterocycles. The summed E-state index contributed by atoms with van der Waals surface area (Å²) in [7, 11) is 0. The summed E-state index contributed by atoms with van der Waals surface area (Å²) in [4.78, 5) is 0. The first-order valence-corrected chi connectivity index (χ1v) is 4.04. The monoisotopic (exact) mass is 206 g/mol. The second-order valence-electron chi connectivity index (χ2n) is 2.19. The topological polar surface area (TPSA) is 103 Å². The zero-order valence-corrected chi connectivity index (χ0v) is 8.02. The number of aromatic hydroxyl groups is 4. The van der Waals surface area contributed by atoms with Crippen molar-refractivity contribution in [2.75, 3.05) is 13.2 Å². The number of furan rings is 1. The summed E-state index contributed by atoms with van der Waals surface area (Å²) in [5.74, 6) is -3.50. The maximum Gasteiger partial charge on any atom is 0.333 e. The molecule has 1 aromatic rings. The standard InChI is InChI=1S/C4H4O5.C4H10O/c5-1-2(6)4(8)9-3(1)7;1-3-5-4-2/h5-8H;3-4H2,1-2H3. The van der Waals surface area contributed by atoms with E-state index in [4.69, 9.17) is 25.2 Å². The first-order valence-electron chi connectivity index (χ1n) is 4.04. The second kappa shape index (κ2) is 5.98. The average molecular weight is 206 g/mol. The van der Waals surface area contributed by atoms with Crippen LogP contribution in [0.2, 0.25) is 0 Å². The average Bonchev–Trinajstić information content (AvgIpc) is 2.36. The Morgan fingerprint density at radius 2 is 1.29 bits per heavy atom. The van der Waals surface area contributed by atoms with Gasteiger partial charge in [0.05, 0.1) is 0 Å². The van der Waals surface area contributed by atoms with Gasteiger partial charge in [-0.2, -0.15) is 0 Å². The fourth-order valence-corrected chi connectivity index (χ4v) is 0.595. The molecular formula is C8H14O6. The van der Waals surface area contributed by atoms with Crippen molar-refractivity contribution in [3.8, 4) is 23.4 Å². The number of ether oxygens (including phenoxy) is 1. The number of rotatable bonds is 2. The van der Waals surface area contributed by atoms with Crippen molar-refractivity contribution in [2.45, 2.75) is 13.8 Å². The Labute approximate surface area is 81.0 Å². The summed E-state index contributed by atoms with van der Waals surface area (Å²) in [5.41, 5.74) is 0. The molecule has 0 amide bonds. The molecule has 82 valence electrons. The van der Waals surface area contributed by atoms with Gasteiger partial charge in [-0.25, -0.2) is 0 Å². The molecule has 0 saturated heterocycles. The van der Waals surface area contributed by atoms with Crippen molar-refractivity contribution in [1.82, 2.24) is 0 Å². The van der Waals surface area contributed by atoms with Crippen LogP contribution in [0.4, 0.5) is 0 Å². The Morgan fingerprint density at radius 3 is 1.36 bits per heavy atom. The Balaban J connectivity index is 0.000000292. The molecule has 6 nitrogen and oxygen atoms in total. The van der Waals surface area contributed by atoms with Crippen LogP contribution < -0.4 is 0 Å². The van der Waals surface area contributed by atoms with Crippen LogP contribution in [0.1, 0.15) is 13.8 Å². The van der Waals surface area contributed by atoms with Crippen molar-refractivity contribution >= 4 is 0 Å². The lowest BCUT2D eigenvalue weighted by Gasteiger charge is -1.86. The first-order chi connectivity index (χ1) is 6.54. The Morgan fingerprint density at radius 1 is 0.929 bits per heavy atom. The van der Waals surface area contributed by atoms with Crippen LogP contribution in [0.15, 0.2) is 4.42 Å². The smallest absolute Gasteiger partial charge is 0.333 e. The van der Waals surface area contributed by atoms with Crippen molar-refractivity contribution in [3.63, 3.8) is 0 Å². The van der Waals surface area contributed by atoms with Crippen molar-refractivity contribution in [1.29, 1.82) is 0 Å². The zero-order valence-electron chi connectivity index (χ0n) is 8.02. The molecule has 0 aromatic carbocycles. The van der Waals surface area contributed by atoms with Gasteiger partial charge in [-0.1, -0.05) is 0 Å². The summed E-state index contributed by atoms with van der Waals surface area (Å²) >= 11 is 0. The molecule has 1 heterocycles. The minimum atomic E-state index is -0.898. The van der Waals surface area contributed by atoms with Crippen molar-refractivity contribution in [3.05, 3.63) is 0 Å². The maximum atomic E-state index is 8.47. The number of hydrogen-bond acceptors (Lipinski definition) is 6. The lowest BCUT2D eigenvalue weighted by molar-refractivity contribution is 0.162. The Kier molecular flexibility index (Phi) is 5.31. The SMILES string of the molecule is CCOCC.Oc1oc(O)c(O)c1O. The molecule has 0 aliphatic heterocycles. The molecule has 0 unspecified atom stereocenters. The third-order valence-corrected chi connectivity index (χ3v) is 1.23. The van der Waals surface area contributed by atoms with Gasteiger partial charge in [-0.05, 0) is 13.8 Å². The van der Waals surface area contributed by atoms with E-state index in [9.17, 15) is 0 Å². The van der Waals surface area contributed by atoms with Gasteiger partial charge in [0.1, 0.15) is 0 Å². The summed E-state index contributed by atoms with van der Waals surface area (Å²) in [6.07, 6.45) is 0. The predicted molar refractivity (Wildman–Crippen MR) is 47.5 cm³/mol. The van der Waals surface area contributed by atoms with E-state index in [2.05, 4.69) is 4.42 Å². The van der Waals surface area contributed by atoms with Gasteiger partial charge in [-0.3, -0.25) is 0 Å². The van der Waals surface area contributed by atoms with Gasteiger partial charge >= 0.3 is 11.9 Å². The van der Waals surface area contributed by atoms with E-state index in [0.717, 1.165) is 13.2 Å². The lowest BCUT2D eigenvalue weighted by Crippen LogP contribution is -1.84. The molecule has 6 heteroatoms. The zero-order chi connectivity index (χ0) is 11.1. The minimum Gasteiger partial charge on any atom is -0.499 e. The molecule has 1 rings (SSSR count). The van der Waals surface area contributed by atoms with Gasteiger partial charge in [-0.15, -0.1) is 0 Å². The molecule has 14 heavy (non-hydrogen) atoms. The van der Waals surface area contributed by atoms with E-state index < -0.39 is 23.4 Å². The normalized spacial score (nSPS) is 9.29. The summed E-state index contributed by atoms with van der Waals surface area (Å²) in [6.45, 7) is 5.67. The Bertz CT molecular complexity index is 243. The van der Waals surface area contributed by atoms with Gasteiger partial charge in [0.25, 0.3) is 0 Å². The second-order valence-corrected chi connectivity index (χ2v) is 2.19. The van der Waals surface area contributed by atoms with E-state index in [-0.39, 0.29) is 0 Å². The van der Waals surface area contributed by atoms with E-state index in [0.29, 0.717) is 0 Å². The van der Waals surface area contributed by atoms with Crippen molar-refractivity contribution < 1.29 is 29.6 Å². The first kappa shape index (κ1) is 12.4.